The molecule has 1 fully saturated rings. The molecule has 1 aliphatic rings. The molecule has 0 saturated carbocycles. The van der Waals surface area contributed by atoms with Crippen molar-refractivity contribution in [2.24, 2.45) is 7.05 Å². The van der Waals surface area contributed by atoms with E-state index in [4.69, 9.17) is 20.9 Å². The molecule has 0 bridgehead atoms. The maximum absolute atomic E-state index is 12.7. The second kappa shape index (κ2) is 7.07. The number of nitrogens with zero attached hydrogens (tertiary/aromatic N) is 6. The molecule has 0 radical (unpaired) electrons. The van der Waals surface area contributed by atoms with Gasteiger partial charge in [0.1, 0.15) is 20.7 Å². The third kappa shape index (κ3) is 3.22. The Bertz CT molecular complexity index is 1280. The van der Waals surface area contributed by atoms with Crippen molar-refractivity contribution in [1.29, 1.82) is 0 Å². The molecule has 2 atom stereocenters. The van der Waals surface area contributed by atoms with E-state index >= 15 is 0 Å². The van der Waals surface area contributed by atoms with Crippen molar-refractivity contribution in [2.75, 3.05) is 6.61 Å². The van der Waals surface area contributed by atoms with Crippen molar-refractivity contribution in [3.8, 4) is 0 Å². The van der Waals surface area contributed by atoms with Gasteiger partial charge in [-0.3, -0.25) is 9.36 Å². The zero-order chi connectivity index (χ0) is 20.9. The molecular formula is C19H18BClN6O3. The summed E-state index contributed by atoms with van der Waals surface area (Å²) in [6.45, 7) is 0.628. The molecule has 152 valence electrons. The molecular weight excluding hydrogens is 407 g/mol. The topological polar surface area (TPSA) is 101 Å². The molecule has 3 aromatic heterocycles. The Labute approximate surface area is 177 Å². The predicted octanol–water partition coefficient (Wildman–Crippen LogP) is 1.20. The van der Waals surface area contributed by atoms with Gasteiger partial charge in [-0.1, -0.05) is 28.9 Å². The van der Waals surface area contributed by atoms with Crippen LogP contribution in [-0.4, -0.2) is 43.7 Å². The number of imidazole rings is 1. The lowest BCUT2D eigenvalue weighted by atomic mass is 9.72. The van der Waals surface area contributed by atoms with E-state index in [-0.39, 0.29) is 18.0 Å². The van der Waals surface area contributed by atoms with Crippen molar-refractivity contribution in [1.82, 2.24) is 29.2 Å². The maximum Gasteiger partial charge on any atom is 0.280 e. The van der Waals surface area contributed by atoms with E-state index in [1.165, 1.54) is 10.9 Å². The SMILES string of the molecule is B[C@]1(c2ccc(Cl)cc2)C[C@H](c2noc(Cn3cnc4ncn(C)c4c3=O)n2)CO1. The average Bonchev–Trinajstić information content (AvgIpc) is 3.44. The fourth-order valence-electron chi connectivity index (χ4n) is 3.87. The fourth-order valence-corrected chi connectivity index (χ4v) is 4.00. The minimum Gasteiger partial charge on any atom is -0.379 e. The van der Waals surface area contributed by atoms with Gasteiger partial charge in [-0.05, 0) is 24.1 Å². The highest BCUT2D eigenvalue weighted by molar-refractivity contribution is 6.30. The first kappa shape index (κ1) is 19.0. The van der Waals surface area contributed by atoms with Crippen LogP contribution in [0.25, 0.3) is 11.2 Å². The fraction of sp³-hybridized carbons (Fsp3) is 0.316. The number of aromatic nitrogens is 6. The normalized spacial score (nSPS) is 21.5. The van der Waals surface area contributed by atoms with E-state index in [1.807, 2.05) is 32.1 Å². The van der Waals surface area contributed by atoms with Gasteiger partial charge in [0.15, 0.2) is 17.0 Å². The molecule has 1 aliphatic heterocycles. The maximum atomic E-state index is 12.7. The van der Waals surface area contributed by atoms with Gasteiger partial charge in [-0.25, -0.2) is 9.97 Å². The molecule has 1 saturated heterocycles. The van der Waals surface area contributed by atoms with E-state index in [0.29, 0.717) is 34.5 Å². The van der Waals surface area contributed by atoms with Crippen LogP contribution < -0.4 is 5.56 Å². The molecule has 11 heteroatoms. The van der Waals surface area contributed by atoms with Gasteiger partial charge in [0.2, 0.25) is 5.89 Å². The number of benzene rings is 1. The molecule has 0 spiro atoms. The number of ether oxygens (including phenoxy) is 1. The molecule has 0 aliphatic carbocycles. The largest absolute Gasteiger partial charge is 0.379 e. The number of aryl methyl sites for hydroxylation is 1. The first-order valence-corrected chi connectivity index (χ1v) is 9.90. The van der Waals surface area contributed by atoms with Gasteiger partial charge in [0, 0.05) is 18.0 Å². The molecule has 0 N–H and O–H groups in total. The van der Waals surface area contributed by atoms with Crippen molar-refractivity contribution in [3.05, 3.63) is 69.6 Å². The van der Waals surface area contributed by atoms with Gasteiger partial charge in [-0.15, -0.1) is 0 Å². The van der Waals surface area contributed by atoms with Crippen LogP contribution in [0, 0.1) is 0 Å². The minimum atomic E-state index is -0.443. The van der Waals surface area contributed by atoms with E-state index in [9.17, 15) is 4.79 Å². The van der Waals surface area contributed by atoms with Crippen LogP contribution in [-0.2, 0) is 23.8 Å². The van der Waals surface area contributed by atoms with Crippen LogP contribution in [0.5, 0.6) is 0 Å². The third-order valence-electron chi connectivity index (χ3n) is 5.55. The van der Waals surface area contributed by atoms with E-state index in [1.54, 1.807) is 17.9 Å². The lowest BCUT2D eigenvalue weighted by molar-refractivity contribution is 0.0717. The summed E-state index contributed by atoms with van der Waals surface area (Å²) >= 11 is 6.00. The van der Waals surface area contributed by atoms with E-state index in [2.05, 4.69) is 20.1 Å². The average molecular weight is 425 g/mol. The van der Waals surface area contributed by atoms with Gasteiger partial charge >= 0.3 is 0 Å². The molecule has 0 amide bonds. The van der Waals surface area contributed by atoms with Gasteiger partial charge in [-0.2, -0.15) is 4.98 Å². The number of fused-ring (bicyclic) bond motifs is 1. The predicted molar refractivity (Wildman–Crippen MR) is 111 cm³/mol. The van der Waals surface area contributed by atoms with E-state index < -0.39 is 5.50 Å². The summed E-state index contributed by atoms with van der Waals surface area (Å²) in [4.78, 5) is 25.5. The molecule has 30 heavy (non-hydrogen) atoms. The van der Waals surface area contributed by atoms with Crippen LogP contribution in [0.2, 0.25) is 5.02 Å². The molecule has 1 aromatic carbocycles. The van der Waals surface area contributed by atoms with Crippen molar-refractivity contribution >= 4 is 30.6 Å². The zero-order valence-corrected chi connectivity index (χ0v) is 17.2. The molecule has 4 aromatic rings. The van der Waals surface area contributed by atoms with Crippen LogP contribution in [0.4, 0.5) is 0 Å². The second-order valence-corrected chi connectivity index (χ2v) is 8.14. The third-order valence-corrected chi connectivity index (χ3v) is 5.80. The Balaban J connectivity index is 1.35. The van der Waals surface area contributed by atoms with E-state index in [0.717, 1.165) is 12.0 Å². The minimum absolute atomic E-state index is 0.00224. The molecule has 9 nitrogen and oxygen atoms in total. The Hall–Kier alpha value is -2.98. The van der Waals surface area contributed by atoms with Gasteiger partial charge in [0.25, 0.3) is 5.56 Å². The number of rotatable bonds is 4. The van der Waals surface area contributed by atoms with Gasteiger partial charge in [0.05, 0.1) is 18.4 Å². The van der Waals surface area contributed by atoms with Crippen LogP contribution >= 0.6 is 11.6 Å². The first-order valence-electron chi connectivity index (χ1n) is 9.52. The van der Waals surface area contributed by atoms with Crippen LogP contribution in [0.3, 0.4) is 0 Å². The monoisotopic (exact) mass is 424 g/mol. The second-order valence-electron chi connectivity index (χ2n) is 7.70. The highest BCUT2D eigenvalue weighted by atomic mass is 35.5. The molecule has 5 rings (SSSR count). The van der Waals surface area contributed by atoms with Crippen molar-refractivity contribution < 1.29 is 9.26 Å². The Morgan fingerprint density at radius 1 is 1.27 bits per heavy atom. The first-order chi connectivity index (χ1) is 14.4. The summed E-state index contributed by atoms with van der Waals surface area (Å²) in [7, 11) is 3.80. The summed E-state index contributed by atoms with van der Waals surface area (Å²) in [5, 5.41) is 4.82. The Morgan fingerprint density at radius 3 is 2.83 bits per heavy atom. The zero-order valence-electron chi connectivity index (χ0n) is 16.4. The standard InChI is InChI=1S/C19H18BClN6O3/c1-26-9-22-17-15(26)18(28)27(10-23-17)7-14-24-16(25-30-14)11-6-19(20,29-8-11)12-2-4-13(21)5-3-12/h2-5,9-11H,6-8,20H2,1H3/t11-,19+/m0/s1. The van der Waals surface area contributed by atoms with Crippen LogP contribution in [0.1, 0.15) is 29.6 Å². The highest BCUT2D eigenvalue weighted by Gasteiger charge is 2.40. The summed E-state index contributed by atoms with van der Waals surface area (Å²) in [5.41, 5.74) is 1.25. The number of hydrogen-bond acceptors (Lipinski definition) is 7. The molecule has 4 heterocycles. The lowest BCUT2D eigenvalue weighted by Crippen LogP contribution is -2.25. The van der Waals surface area contributed by atoms with Crippen molar-refractivity contribution in [2.45, 2.75) is 24.4 Å². The molecule has 0 unspecified atom stereocenters. The summed E-state index contributed by atoms with van der Waals surface area (Å²) < 4.78 is 14.6. The quantitative estimate of drug-likeness (QED) is 0.454. The Kier molecular flexibility index (Phi) is 4.48. The summed E-state index contributed by atoms with van der Waals surface area (Å²) in [6, 6.07) is 7.66. The summed E-state index contributed by atoms with van der Waals surface area (Å²) in [5.74, 6) is 0.915. The smallest absolute Gasteiger partial charge is 0.280 e. The number of halogens is 1. The highest BCUT2D eigenvalue weighted by Crippen LogP contribution is 2.40. The lowest BCUT2D eigenvalue weighted by Gasteiger charge is -2.24. The summed E-state index contributed by atoms with van der Waals surface area (Å²) in [6.07, 6.45) is 3.72. The number of hydrogen-bond donors (Lipinski definition) is 0. The Morgan fingerprint density at radius 2 is 2.03 bits per heavy atom. The van der Waals surface area contributed by atoms with Crippen molar-refractivity contribution in [3.63, 3.8) is 0 Å². The van der Waals surface area contributed by atoms with Crippen LogP contribution in [0.15, 0.2) is 46.2 Å². The van der Waals surface area contributed by atoms with Gasteiger partial charge < -0.3 is 13.8 Å².